The summed E-state index contributed by atoms with van der Waals surface area (Å²) in [6.07, 6.45) is 5.47. The molecule has 1 aromatic rings. The van der Waals surface area contributed by atoms with E-state index in [-0.39, 0.29) is 0 Å². The molecule has 0 aromatic carbocycles. The summed E-state index contributed by atoms with van der Waals surface area (Å²) < 4.78 is 3.32. The fourth-order valence-electron chi connectivity index (χ4n) is 2.98. The number of hydrogen-bond acceptors (Lipinski definition) is 2. The SMILES string of the molecule is CCn1nc(C)c(Br)c1CN(CCBr)C1CCCC1. The normalized spacial score (nSPS) is 16.7. The van der Waals surface area contributed by atoms with Crippen molar-refractivity contribution in [2.24, 2.45) is 0 Å². The number of alkyl halides is 1. The lowest BCUT2D eigenvalue weighted by atomic mass is 10.2. The number of aromatic nitrogens is 2. The summed E-state index contributed by atoms with van der Waals surface area (Å²) in [6, 6.07) is 0.755. The Kier molecular flexibility index (Phi) is 5.90. The maximum absolute atomic E-state index is 4.60. The van der Waals surface area contributed by atoms with Gasteiger partial charge in [-0.3, -0.25) is 9.58 Å². The molecule has 5 heteroatoms. The molecule has 0 unspecified atom stereocenters. The molecule has 1 fully saturated rings. The van der Waals surface area contributed by atoms with Crippen LogP contribution in [0.4, 0.5) is 0 Å². The van der Waals surface area contributed by atoms with Gasteiger partial charge in [0.2, 0.25) is 0 Å². The van der Waals surface area contributed by atoms with Gasteiger partial charge in [-0.2, -0.15) is 5.10 Å². The summed E-state index contributed by atoms with van der Waals surface area (Å²) in [5.74, 6) is 0. The molecule has 0 spiro atoms. The third-order valence-corrected chi connectivity index (χ3v) is 5.40. The predicted molar refractivity (Wildman–Crippen MR) is 86.8 cm³/mol. The first-order valence-electron chi connectivity index (χ1n) is 7.19. The second kappa shape index (κ2) is 7.23. The van der Waals surface area contributed by atoms with Crippen LogP contribution >= 0.6 is 31.9 Å². The number of hydrogen-bond donors (Lipinski definition) is 0. The van der Waals surface area contributed by atoms with Crippen molar-refractivity contribution in [3.63, 3.8) is 0 Å². The van der Waals surface area contributed by atoms with Crippen LogP contribution in [0.3, 0.4) is 0 Å². The fourth-order valence-corrected chi connectivity index (χ4v) is 3.85. The summed E-state index contributed by atoms with van der Waals surface area (Å²) >= 11 is 7.30. The van der Waals surface area contributed by atoms with Gasteiger partial charge in [-0.1, -0.05) is 28.8 Å². The van der Waals surface area contributed by atoms with Gasteiger partial charge in [0.15, 0.2) is 0 Å². The van der Waals surface area contributed by atoms with Crippen LogP contribution in [0.15, 0.2) is 4.47 Å². The maximum atomic E-state index is 4.60. The van der Waals surface area contributed by atoms with E-state index in [9.17, 15) is 0 Å². The number of nitrogens with zero attached hydrogens (tertiary/aromatic N) is 3. The second-order valence-electron chi connectivity index (χ2n) is 5.26. The zero-order chi connectivity index (χ0) is 13.8. The van der Waals surface area contributed by atoms with Crippen molar-refractivity contribution < 1.29 is 0 Å². The van der Waals surface area contributed by atoms with Crippen molar-refractivity contribution in [1.29, 1.82) is 0 Å². The van der Waals surface area contributed by atoms with E-state index in [2.05, 4.69) is 60.4 Å². The highest BCUT2D eigenvalue weighted by molar-refractivity contribution is 9.10. The number of aryl methyl sites for hydroxylation is 2. The molecule has 0 aliphatic heterocycles. The maximum Gasteiger partial charge on any atom is 0.0739 e. The molecular formula is C14H23Br2N3. The number of halogens is 2. The van der Waals surface area contributed by atoms with Crippen molar-refractivity contribution >= 4 is 31.9 Å². The minimum Gasteiger partial charge on any atom is -0.294 e. The van der Waals surface area contributed by atoms with Crippen LogP contribution in [0.25, 0.3) is 0 Å². The van der Waals surface area contributed by atoms with Crippen molar-refractivity contribution in [2.45, 2.75) is 58.7 Å². The summed E-state index contributed by atoms with van der Waals surface area (Å²) in [5, 5.41) is 5.64. The van der Waals surface area contributed by atoms with E-state index >= 15 is 0 Å². The zero-order valence-corrected chi connectivity index (χ0v) is 15.0. The Morgan fingerprint density at radius 1 is 1.37 bits per heavy atom. The monoisotopic (exact) mass is 391 g/mol. The predicted octanol–water partition coefficient (Wildman–Crippen LogP) is 4.11. The van der Waals surface area contributed by atoms with Gasteiger partial charge in [0.25, 0.3) is 0 Å². The van der Waals surface area contributed by atoms with E-state index in [0.29, 0.717) is 0 Å². The van der Waals surface area contributed by atoms with Crippen LogP contribution in [0.2, 0.25) is 0 Å². The fraction of sp³-hybridized carbons (Fsp3) is 0.786. The molecule has 0 radical (unpaired) electrons. The Morgan fingerprint density at radius 2 is 2.05 bits per heavy atom. The van der Waals surface area contributed by atoms with Crippen molar-refractivity contribution in [3.8, 4) is 0 Å². The highest BCUT2D eigenvalue weighted by atomic mass is 79.9. The van der Waals surface area contributed by atoms with Gasteiger partial charge in [-0.05, 0) is 42.6 Å². The molecule has 108 valence electrons. The molecular weight excluding hydrogens is 370 g/mol. The largest absolute Gasteiger partial charge is 0.294 e. The van der Waals surface area contributed by atoms with Crippen molar-refractivity contribution in [2.75, 3.05) is 11.9 Å². The number of rotatable bonds is 6. The molecule has 1 aliphatic carbocycles. The van der Waals surface area contributed by atoms with Gasteiger partial charge in [-0.25, -0.2) is 0 Å². The zero-order valence-electron chi connectivity index (χ0n) is 11.8. The third-order valence-electron chi connectivity index (χ3n) is 4.02. The topological polar surface area (TPSA) is 21.1 Å². The Bertz CT molecular complexity index is 411. The lowest BCUT2D eigenvalue weighted by Gasteiger charge is -2.28. The van der Waals surface area contributed by atoms with Gasteiger partial charge in [0.1, 0.15) is 0 Å². The standard InChI is InChI=1S/C14H23Br2N3/c1-3-19-13(14(16)11(2)17-19)10-18(9-8-15)12-6-4-5-7-12/h12H,3-10H2,1-2H3. The molecule has 0 atom stereocenters. The third kappa shape index (κ3) is 3.61. The van der Waals surface area contributed by atoms with Crippen LogP contribution < -0.4 is 0 Å². The molecule has 0 saturated heterocycles. The molecule has 1 saturated carbocycles. The molecule has 0 N–H and O–H groups in total. The lowest BCUT2D eigenvalue weighted by molar-refractivity contribution is 0.196. The summed E-state index contributed by atoms with van der Waals surface area (Å²) in [4.78, 5) is 2.62. The molecule has 1 aromatic heterocycles. The molecule has 1 aliphatic rings. The van der Waals surface area contributed by atoms with Gasteiger partial charge in [0.05, 0.1) is 15.9 Å². The lowest BCUT2D eigenvalue weighted by Crippen LogP contribution is -2.35. The summed E-state index contributed by atoms with van der Waals surface area (Å²) in [7, 11) is 0. The van der Waals surface area contributed by atoms with Crippen LogP contribution in [0.1, 0.15) is 44.0 Å². The van der Waals surface area contributed by atoms with Crippen LogP contribution in [-0.2, 0) is 13.1 Å². The van der Waals surface area contributed by atoms with Crippen LogP contribution in [0.5, 0.6) is 0 Å². The Hall–Kier alpha value is 0.130. The highest BCUT2D eigenvalue weighted by Crippen LogP contribution is 2.28. The van der Waals surface area contributed by atoms with E-state index in [1.54, 1.807) is 0 Å². The minimum atomic E-state index is 0.755. The summed E-state index contributed by atoms with van der Waals surface area (Å²) in [5.41, 5.74) is 2.43. The first-order valence-corrected chi connectivity index (χ1v) is 9.10. The first-order chi connectivity index (χ1) is 9.17. The van der Waals surface area contributed by atoms with Crippen LogP contribution in [-0.4, -0.2) is 32.6 Å². The van der Waals surface area contributed by atoms with E-state index < -0.39 is 0 Å². The average Bonchev–Trinajstić information content (AvgIpc) is 3.01. The van der Waals surface area contributed by atoms with Crippen molar-refractivity contribution in [1.82, 2.24) is 14.7 Å². The van der Waals surface area contributed by atoms with Gasteiger partial charge >= 0.3 is 0 Å². The molecule has 0 bridgehead atoms. The Morgan fingerprint density at radius 3 is 2.63 bits per heavy atom. The molecule has 3 nitrogen and oxygen atoms in total. The van der Waals surface area contributed by atoms with Crippen molar-refractivity contribution in [3.05, 3.63) is 15.9 Å². The Labute approximate surface area is 133 Å². The van der Waals surface area contributed by atoms with Crippen LogP contribution in [0, 0.1) is 6.92 Å². The van der Waals surface area contributed by atoms with E-state index in [4.69, 9.17) is 0 Å². The molecule has 2 rings (SSSR count). The molecule has 0 amide bonds. The quantitative estimate of drug-likeness (QED) is 0.679. The molecule has 1 heterocycles. The van der Waals surface area contributed by atoms with E-state index in [0.717, 1.165) is 36.7 Å². The first kappa shape index (κ1) is 15.5. The smallest absolute Gasteiger partial charge is 0.0739 e. The molecule has 19 heavy (non-hydrogen) atoms. The minimum absolute atomic E-state index is 0.755. The average molecular weight is 393 g/mol. The van der Waals surface area contributed by atoms with Gasteiger partial charge in [-0.15, -0.1) is 0 Å². The van der Waals surface area contributed by atoms with E-state index in [1.165, 1.54) is 35.8 Å². The Balaban J connectivity index is 2.16. The second-order valence-corrected chi connectivity index (χ2v) is 6.85. The summed E-state index contributed by atoms with van der Waals surface area (Å²) in [6.45, 7) is 7.29. The van der Waals surface area contributed by atoms with Gasteiger partial charge in [0, 0.05) is 31.0 Å². The van der Waals surface area contributed by atoms with E-state index in [1.807, 2.05) is 0 Å². The highest BCUT2D eigenvalue weighted by Gasteiger charge is 2.24. The van der Waals surface area contributed by atoms with Gasteiger partial charge < -0.3 is 0 Å².